The van der Waals surface area contributed by atoms with Crippen LogP contribution in [0.3, 0.4) is 0 Å². The fourth-order valence-electron chi connectivity index (χ4n) is 0.523. The average Bonchev–Trinajstić information content (AvgIpc) is 1.64. The van der Waals surface area contributed by atoms with Gasteiger partial charge in [-0.25, -0.2) is 4.79 Å². The van der Waals surface area contributed by atoms with Crippen LogP contribution < -0.4 is 10.6 Å². The molecule has 0 aromatic carbocycles. The largest absolute Gasteiger partial charge is 0.412 e. The average molecular weight is 132 g/mol. The third-order valence-corrected chi connectivity index (χ3v) is 0.891. The zero-order valence-corrected chi connectivity index (χ0v) is 4.73. The van der Waals surface area contributed by atoms with Crippen LogP contribution in [0.2, 0.25) is 0 Å². The third kappa shape index (κ3) is 2.09. The molecule has 5 nitrogen and oxygen atoms in total. The minimum atomic E-state index is -0.388. The number of hydrogen-bond donors (Lipinski definition) is 2. The van der Waals surface area contributed by atoms with Crippen LogP contribution >= 0.6 is 0 Å². The molecule has 1 aliphatic rings. The molecule has 0 spiro atoms. The Hall–Kier alpha value is -1.10. The molecule has 3 amide bonds. The van der Waals surface area contributed by atoms with Crippen molar-refractivity contribution in [1.29, 1.82) is 0 Å². The molecule has 5 heteroatoms. The van der Waals surface area contributed by atoms with Crippen molar-refractivity contribution in [3.8, 4) is 0 Å². The fourth-order valence-corrected chi connectivity index (χ4v) is 0.523. The lowest BCUT2D eigenvalue weighted by Gasteiger charge is -2.10. The van der Waals surface area contributed by atoms with E-state index in [1.807, 2.05) is 0 Å². The number of carbonyl (C=O) groups is 2. The van der Waals surface area contributed by atoms with Crippen LogP contribution in [0.25, 0.3) is 0 Å². The molecule has 0 bridgehead atoms. The summed E-state index contributed by atoms with van der Waals surface area (Å²) in [6, 6.07) is -0.388. The lowest BCUT2D eigenvalue weighted by molar-refractivity contribution is -0.120. The van der Waals surface area contributed by atoms with Crippen LogP contribution in [-0.2, 0) is 4.79 Å². The van der Waals surface area contributed by atoms with Gasteiger partial charge in [-0.3, -0.25) is 10.1 Å². The molecule has 0 atom stereocenters. The molecule has 1 saturated heterocycles. The Morgan fingerprint density at radius 1 is 1.33 bits per heavy atom. The van der Waals surface area contributed by atoms with Gasteiger partial charge in [0.2, 0.25) is 5.91 Å². The first kappa shape index (κ1) is 7.90. The van der Waals surface area contributed by atoms with Gasteiger partial charge in [0.05, 0.1) is 0 Å². The first-order valence-electron chi connectivity index (χ1n) is 2.37. The van der Waals surface area contributed by atoms with E-state index in [4.69, 9.17) is 0 Å². The van der Waals surface area contributed by atoms with Gasteiger partial charge in [0.25, 0.3) is 0 Å². The number of rotatable bonds is 0. The Balaban J connectivity index is 0.000000640. The molecule has 1 rings (SSSR count). The molecule has 1 aliphatic heterocycles. The van der Waals surface area contributed by atoms with Gasteiger partial charge in [-0.2, -0.15) is 0 Å². The van der Waals surface area contributed by atoms with Gasteiger partial charge in [0, 0.05) is 13.0 Å². The summed E-state index contributed by atoms with van der Waals surface area (Å²) in [6.07, 6.45) is 0.395. The van der Waals surface area contributed by atoms with E-state index in [2.05, 4.69) is 10.6 Å². The van der Waals surface area contributed by atoms with Gasteiger partial charge in [-0.15, -0.1) is 0 Å². The van der Waals surface area contributed by atoms with Crippen molar-refractivity contribution in [2.45, 2.75) is 6.42 Å². The van der Waals surface area contributed by atoms with Crippen LogP contribution in [0.15, 0.2) is 0 Å². The maximum absolute atomic E-state index is 10.3. The molecular formula is C4H8N2O3. The highest BCUT2D eigenvalue weighted by atomic mass is 16.2. The number of urea groups is 1. The molecule has 0 unspecified atom stereocenters. The number of imide groups is 1. The Bertz CT molecular complexity index is 120. The highest BCUT2D eigenvalue weighted by Crippen LogP contribution is 1.82. The molecule has 0 saturated carbocycles. The molecule has 1 heterocycles. The highest BCUT2D eigenvalue weighted by Gasteiger charge is 2.11. The minimum Gasteiger partial charge on any atom is -0.412 e. The Morgan fingerprint density at radius 2 is 2.00 bits per heavy atom. The molecule has 9 heavy (non-hydrogen) atoms. The van der Waals surface area contributed by atoms with E-state index in [0.29, 0.717) is 13.0 Å². The molecule has 0 aliphatic carbocycles. The van der Waals surface area contributed by atoms with E-state index in [9.17, 15) is 9.59 Å². The second-order valence-corrected chi connectivity index (χ2v) is 1.55. The van der Waals surface area contributed by atoms with Gasteiger partial charge in [0.1, 0.15) is 0 Å². The van der Waals surface area contributed by atoms with E-state index in [1.54, 1.807) is 0 Å². The number of amides is 3. The summed E-state index contributed by atoms with van der Waals surface area (Å²) in [6.45, 7) is 0.463. The Morgan fingerprint density at radius 3 is 2.33 bits per heavy atom. The van der Waals surface area contributed by atoms with Crippen molar-refractivity contribution in [2.75, 3.05) is 6.54 Å². The van der Waals surface area contributed by atoms with Crippen LogP contribution in [0, 0.1) is 0 Å². The Labute approximate surface area is 51.7 Å². The summed E-state index contributed by atoms with van der Waals surface area (Å²) in [5.74, 6) is -0.200. The van der Waals surface area contributed by atoms with Gasteiger partial charge in [0.15, 0.2) is 0 Å². The topological polar surface area (TPSA) is 89.7 Å². The van der Waals surface area contributed by atoms with E-state index >= 15 is 0 Å². The molecular weight excluding hydrogens is 124 g/mol. The van der Waals surface area contributed by atoms with Crippen LogP contribution in [-0.4, -0.2) is 24.0 Å². The normalized spacial score (nSPS) is 17.3. The summed E-state index contributed by atoms with van der Waals surface area (Å²) >= 11 is 0. The predicted octanol–water partition coefficient (Wildman–Crippen LogP) is -1.61. The Kier molecular flexibility index (Phi) is 2.66. The maximum Gasteiger partial charge on any atom is 0.321 e. The van der Waals surface area contributed by atoms with Crippen molar-refractivity contribution < 1.29 is 15.1 Å². The first-order valence-corrected chi connectivity index (χ1v) is 2.37. The number of hydrogen-bond acceptors (Lipinski definition) is 2. The lowest BCUT2D eigenvalue weighted by Crippen LogP contribution is -2.46. The van der Waals surface area contributed by atoms with E-state index < -0.39 is 0 Å². The fraction of sp³-hybridized carbons (Fsp3) is 0.500. The number of nitrogens with one attached hydrogen (secondary N) is 2. The predicted molar refractivity (Wildman–Crippen MR) is 29.8 cm³/mol. The summed E-state index contributed by atoms with van der Waals surface area (Å²) < 4.78 is 0. The third-order valence-electron chi connectivity index (χ3n) is 0.891. The van der Waals surface area contributed by atoms with Crippen molar-refractivity contribution in [1.82, 2.24) is 10.6 Å². The summed E-state index contributed by atoms with van der Waals surface area (Å²) in [5, 5.41) is 4.53. The van der Waals surface area contributed by atoms with Gasteiger partial charge < -0.3 is 10.8 Å². The van der Waals surface area contributed by atoms with Crippen LogP contribution in [0.4, 0.5) is 4.79 Å². The summed E-state index contributed by atoms with van der Waals surface area (Å²) in [7, 11) is 0. The van der Waals surface area contributed by atoms with Crippen LogP contribution in [0.1, 0.15) is 6.42 Å². The van der Waals surface area contributed by atoms with E-state index in [0.717, 1.165) is 0 Å². The maximum atomic E-state index is 10.3. The zero-order chi connectivity index (χ0) is 5.98. The van der Waals surface area contributed by atoms with E-state index in [1.165, 1.54) is 0 Å². The van der Waals surface area contributed by atoms with Crippen LogP contribution in [0.5, 0.6) is 0 Å². The lowest BCUT2D eigenvalue weighted by atomic mass is 10.3. The van der Waals surface area contributed by atoms with Gasteiger partial charge in [-0.1, -0.05) is 0 Å². The summed E-state index contributed by atoms with van der Waals surface area (Å²) in [4.78, 5) is 20.5. The van der Waals surface area contributed by atoms with Gasteiger partial charge >= 0.3 is 6.03 Å². The van der Waals surface area contributed by atoms with Crippen molar-refractivity contribution >= 4 is 11.9 Å². The standard InChI is InChI=1S/C4H6N2O2.H2O/c7-3-1-2-5-4(8)6-3;/h1-2H2,(H2,5,6,7,8);1H2. The highest BCUT2D eigenvalue weighted by molar-refractivity contribution is 5.96. The quantitative estimate of drug-likeness (QED) is 0.415. The summed E-state index contributed by atoms with van der Waals surface area (Å²) in [5.41, 5.74) is 0. The zero-order valence-electron chi connectivity index (χ0n) is 4.73. The monoisotopic (exact) mass is 132 g/mol. The molecule has 0 aromatic rings. The second-order valence-electron chi connectivity index (χ2n) is 1.55. The second kappa shape index (κ2) is 3.03. The van der Waals surface area contributed by atoms with Crippen molar-refractivity contribution in [3.63, 3.8) is 0 Å². The van der Waals surface area contributed by atoms with Crippen molar-refractivity contribution in [2.24, 2.45) is 0 Å². The first-order chi connectivity index (χ1) is 3.79. The molecule has 1 fully saturated rings. The molecule has 0 aromatic heterocycles. The smallest absolute Gasteiger partial charge is 0.321 e. The van der Waals surface area contributed by atoms with Crippen molar-refractivity contribution in [3.05, 3.63) is 0 Å². The molecule has 4 N–H and O–H groups in total. The number of carbonyl (C=O) groups excluding carboxylic acids is 2. The van der Waals surface area contributed by atoms with E-state index in [-0.39, 0.29) is 17.4 Å². The SMILES string of the molecule is O.O=C1CCNC(=O)N1. The minimum absolute atomic E-state index is 0. The molecule has 52 valence electrons. The molecule has 0 radical (unpaired) electrons. The van der Waals surface area contributed by atoms with Gasteiger partial charge in [-0.05, 0) is 0 Å².